The topological polar surface area (TPSA) is 48.0 Å². The summed E-state index contributed by atoms with van der Waals surface area (Å²) in [7, 11) is 0. The van der Waals surface area contributed by atoms with Crippen LogP contribution in [-0.2, 0) is 13.0 Å². The van der Waals surface area contributed by atoms with E-state index in [1.807, 2.05) is 26.1 Å². The number of Topliss-reactive ketones (excluding diaryl/α,β-unsaturated/α-hetero) is 1. The Morgan fingerprint density at radius 1 is 1.35 bits per heavy atom. The summed E-state index contributed by atoms with van der Waals surface area (Å²) >= 11 is 0. The van der Waals surface area contributed by atoms with Crippen LogP contribution in [0.3, 0.4) is 0 Å². The fraction of sp³-hybridized carbons (Fsp3) is 0.500. The molecule has 0 unspecified atom stereocenters. The molecule has 2 aromatic rings. The van der Waals surface area contributed by atoms with Crippen LogP contribution in [0.25, 0.3) is 0 Å². The van der Waals surface area contributed by atoms with Gasteiger partial charge < -0.3 is 9.09 Å². The lowest BCUT2D eigenvalue weighted by Gasteiger charge is -2.29. The van der Waals surface area contributed by atoms with E-state index < -0.39 is 0 Å². The summed E-state index contributed by atoms with van der Waals surface area (Å²) in [5, 5.41) is 4.00. The fourth-order valence-electron chi connectivity index (χ4n) is 3.05. The Kier molecular flexibility index (Phi) is 2.85. The number of carbonyl (C=O) groups is 1. The zero-order valence-electron chi connectivity index (χ0n) is 12.5. The standard InChI is InChI=1S/C16H20N2O2/c1-10-13(11(2)20-17-10)9-18-6-5-12-14(18)7-16(3,4)8-15(12)19/h5-6H,7-9H2,1-4H3. The van der Waals surface area contributed by atoms with E-state index in [1.54, 1.807) is 0 Å². The Morgan fingerprint density at radius 3 is 2.75 bits per heavy atom. The molecule has 0 bridgehead atoms. The minimum atomic E-state index is 0.0406. The smallest absolute Gasteiger partial charge is 0.165 e. The maximum Gasteiger partial charge on any atom is 0.165 e. The highest BCUT2D eigenvalue weighted by Crippen LogP contribution is 2.35. The van der Waals surface area contributed by atoms with Crippen LogP contribution in [0.1, 0.15) is 53.3 Å². The summed E-state index contributed by atoms with van der Waals surface area (Å²) in [6, 6.07) is 1.95. The molecule has 0 fully saturated rings. The molecule has 0 saturated carbocycles. The Hall–Kier alpha value is -1.84. The number of fused-ring (bicyclic) bond motifs is 1. The van der Waals surface area contributed by atoms with Gasteiger partial charge in [0.25, 0.3) is 0 Å². The molecule has 0 atom stereocenters. The molecular weight excluding hydrogens is 252 g/mol. The zero-order valence-corrected chi connectivity index (χ0v) is 12.5. The summed E-state index contributed by atoms with van der Waals surface area (Å²) in [4.78, 5) is 12.2. The third kappa shape index (κ3) is 2.09. The first-order valence-corrected chi connectivity index (χ1v) is 7.00. The average molecular weight is 272 g/mol. The lowest BCUT2D eigenvalue weighted by Crippen LogP contribution is -2.28. The number of hydrogen-bond acceptors (Lipinski definition) is 3. The summed E-state index contributed by atoms with van der Waals surface area (Å²) in [6.45, 7) is 8.92. The van der Waals surface area contributed by atoms with Gasteiger partial charge in [0.2, 0.25) is 0 Å². The molecule has 2 aromatic heterocycles. The third-order valence-corrected chi connectivity index (χ3v) is 4.17. The van der Waals surface area contributed by atoms with Crippen molar-refractivity contribution in [2.75, 3.05) is 0 Å². The molecule has 4 nitrogen and oxygen atoms in total. The number of hydrogen-bond donors (Lipinski definition) is 0. The minimum Gasteiger partial charge on any atom is -0.361 e. The molecule has 0 saturated heterocycles. The first kappa shape index (κ1) is 13.2. The quantitative estimate of drug-likeness (QED) is 0.842. The van der Waals surface area contributed by atoms with Gasteiger partial charge in [-0.05, 0) is 31.7 Å². The van der Waals surface area contributed by atoms with Crippen LogP contribution in [0.5, 0.6) is 0 Å². The lowest BCUT2D eigenvalue weighted by atomic mass is 9.76. The van der Waals surface area contributed by atoms with Gasteiger partial charge in [0.1, 0.15) is 5.76 Å². The molecule has 2 heterocycles. The Balaban J connectivity index is 1.99. The van der Waals surface area contributed by atoms with E-state index in [4.69, 9.17) is 4.52 Å². The van der Waals surface area contributed by atoms with E-state index >= 15 is 0 Å². The van der Waals surface area contributed by atoms with Crippen LogP contribution >= 0.6 is 0 Å². The molecule has 0 aromatic carbocycles. The highest BCUT2D eigenvalue weighted by Gasteiger charge is 2.33. The molecule has 0 amide bonds. The minimum absolute atomic E-state index is 0.0406. The van der Waals surface area contributed by atoms with Crippen molar-refractivity contribution in [1.29, 1.82) is 0 Å². The number of aromatic nitrogens is 2. The SMILES string of the molecule is Cc1noc(C)c1Cn1ccc2c1CC(C)(C)CC2=O. The van der Waals surface area contributed by atoms with E-state index in [1.165, 1.54) is 0 Å². The van der Waals surface area contributed by atoms with Gasteiger partial charge >= 0.3 is 0 Å². The highest BCUT2D eigenvalue weighted by molar-refractivity contribution is 5.98. The number of rotatable bonds is 2. The lowest BCUT2D eigenvalue weighted by molar-refractivity contribution is 0.0910. The van der Waals surface area contributed by atoms with Crippen LogP contribution in [0.2, 0.25) is 0 Å². The van der Waals surface area contributed by atoms with Crippen molar-refractivity contribution in [2.24, 2.45) is 5.41 Å². The van der Waals surface area contributed by atoms with E-state index in [0.717, 1.165) is 41.2 Å². The molecule has 1 aliphatic carbocycles. The molecule has 0 N–H and O–H groups in total. The summed E-state index contributed by atoms with van der Waals surface area (Å²) in [5.41, 5.74) is 4.10. The van der Waals surface area contributed by atoms with Gasteiger partial charge in [-0.3, -0.25) is 4.79 Å². The predicted molar refractivity (Wildman–Crippen MR) is 75.9 cm³/mol. The first-order valence-electron chi connectivity index (χ1n) is 7.00. The van der Waals surface area contributed by atoms with Gasteiger partial charge in [-0.15, -0.1) is 0 Å². The molecule has 0 aliphatic heterocycles. The van der Waals surface area contributed by atoms with E-state index in [9.17, 15) is 4.79 Å². The van der Waals surface area contributed by atoms with Gasteiger partial charge in [0.15, 0.2) is 5.78 Å². The predicted octanol–water partition coefficient (Wildman–Crippen LogP) is 3.30. The number of aryl methyl sites for hydroxylation is 2. The van der Waals surface area contributed by atoms with E-state index in [-0.39, 0.29) is 11.2 Å². The molecule has 0 radical (unpaired) electrons. The van der Waals surface area contributed by atoms with Crippen molar-refractivity contribution in [2.45, 2.75) is 47.1 Å². The maximum atomic E-state index is 12.2. The van der Waals surface area contributed by atoms with Crippen molar-refractivity contribution in [1.82, 2.24) is 9.72 Å². The van der Waals surface area contributed by atoms with Gasteiger partial charge in [-0.25, -0.2) is 0 Å². The van der Waals surface area contributed by atoms with Crippen LogP contribution < -0.4 is 0 Å². The van der Waals surface area contributed by atoms with Crippen molar-refractivity contribution >= 4 is 5.78 Å². The monoisotopic (exact) mass is 272 g/mol. The second-order valence-electron chi connectivity index (χ2n) is 6.55. The van der Waals surface area contributed by atoms with Gasteiger partial charge in [-0.1, -0.05) is 19.0 Å². The van der Waals surface area contributed by atoms with Crippen molar-refractivity contribution in [3.05, 3.63) is 40.5 Å². The molecule has 4 heteroatoms. The van der Waals surface area contributed by atoms with Crippen LogP contribution in [-0.4, -0.2) is 15.5 Å². The van der Waals surface area contributed by atoms with E-state index in [0.29, 0.717) is 6.42 Å². The Labute approximate surface area is 118 Å². The van der Waals surface area contributed by atoms with Crippen molar-refractivity contribution in [3.8, 4) is 0 Å². The Morgan fingerprint density at radius 2 is 2.10 bits per heavy atom. The molecule has 20 heavy (non-hydrogen) atoms. The molecule has 0 spiro atoms. The van der Waals surface area contributed by atoms with Crippen LogP contribution in [0.4, 0.5) is 0 Å². The van der Waals surface area contributed by atoms with Crippen LogP contribution in [0, 0.1) is 19.3 Å². The van der Waals surface area contributed by atoms with Crippen molar-refractivity contribution < 1.29 is 9.32 Å². The zero-order chi connectivity index (χ0) is 14.5. The largest absolute Gasteiger partial charge is 0.361 e. The van der Waals surface area contributed by atoms with E-state index in [2.05, 4.69) is 23.6 Å². The number of nitrogens with zero attached hydrogens (tertiary/aromatic N) is 2. The fourth-order valence-corrected chi connectivity index (χ4v) is 3.05. The van der Waals surface area contributed by atoms with Crippen LogP contribution in [0.15, 0.2) is 16.8 Å². The highest BCUT2D eigenvalue weighted by atomic mass is 16.5. The summed E-state index contributed by atoms with van der Waals surface area (Å²) in [6.07, 6.45) is 3.58. The molecule has 3 rings (SSSR count). The van der Waals surface area contributed by atoms with Crippen molar-refractivity contribution in [3.63, 3.8) is 0 Å². The molecule has 106 valence electrons. The summed E-state index contributed by atoms with van der Waals surface area (Å²) in [5.74, 6) is 1.11. The number of ketones is 1. The molecule has 1 aliphatic rings. The average Bonchev–Trinajstić information content (AvgIpc) is 2.87. The normalized spacial score (nSPS) is 17.3. The van der Waals surface area contributed by atoms with Gasteiger partial charge in [0, 0.05) is 29.4 Å². The van der Waals surface area contributed by atoms with Gasteiger partial charge in [-0.2, -0.15) is 0 Å². The van der Waals surface area contributed by atoms with Gasteiger partial charge in [0.05, 0.1) is 12.2 Å². The second kappa shape index (κ2) is 4.33. The first-order chi connectivity index (χ1) is 9.37. The molecular formula is C16H20N2O2. The third-order valence-electron chi connectivity index (χ3n) is 4.17. The second-order valence-corrected chi connectivity index (χ2v) is 6.55. The Bertz CT molecular complexity index is 657. The maximum absolute atomic E-state index is 12.2. The number of carbonyl (C=O) groups excluding carboxylic acids is 1. The summed E-state index contributed by atoms with van der Waals surface area (Å²) < 4.78 is 7.39.